The Labute approximate surface area is 154 Å². The first kappa shape index (κ1) is 16.4. The lowest BCUT2D eigenvalue weighted by atomic mass is 10.2. The fourth-order valence-corrected chi connectivity index (χ4v) is 3.94. The monoisotopic (exact) mass is 370 g/mol. The van der Waals surface area contributed by atoms with E-state index in [0.29, 0.717) is 12.2 Å². The highest BCUT2D eigenvalue weighted by molar-refractivity contribution is 7.98. The summed E-state index contributed by atoms with van der Waals surface area (Å²) in [7, 11) is 0. The molecule has 0 saturated heterocycles. The molecule has 1 atom stereocenters. The van der Waals surface area contributed by atoms with Crippen LogP contribution in [0.25, 0.3) is 10.6 Å². The number of aromatic nitrogens is 2. The highest BCUT2D eigenvalue weighted by atomic mass is 32.2. The van der Waals surface area contributed by atoms with Crippen molar-refractivity contribution in [3.8, 4) is 10.6 Å². The summed E-state index contributed by atoms with van der Waals surface area (Å²) in [6.45, 7) is 1.25. The van der Waals surface area contributed by atoms with E-state index in [-0.39, 0.29) is 12.1 Å². The molecule has 1 aliphatic heterocycles. The van der Waals surface area contributed by atoms with Crippen LogP contribution in [0.5, 0.6) is 0 Å². The van der Waals surface area contributed by atoms with E-state index in [2.05, 4.69) is 46.3 Å². The van der Waals surface area contributed by atoms with Crippen molar-refractivity contribution in [1.82, 2.24) is 20.4 Å². The molecule has 2 N–H and O–H groups in total. The van der Waals surface area contributed by atoms with E-state index in [1.807, 2.05) is 28.3 Å². The minimum atomic E-state index is -0.0716. The zero-order valence-corrected chi connectivity index (χ0v) is 15.4. The van der Waals surface area contributed by atoms with Crippen molar-refractivity contribution in [2.75, 3.05) is 12.8 Å². The molecule has 5 nitrogen and oxygen atoms in total. The van der Waals surface area contributed by atoms with Gasteiger partial charge in [0.25, 0.3) is 5.91 Å². The van der Waals surface area contributed by atoms with E-state index in [1.54, 1.807) is 23.1 Å². The van der Waals surface area contributed by atoms with Gasteiger partial charge in [-0.3, -0.25) is 10.1 Å². The Morgan fingerprint density at radius 3 is 2.92 bits per heavy atom. The molecule has 1 aromatic carbocycles. The summed E-state index contributed by atoms with van der Waals surface area (Å²) in [5, 5.41) is 13.1. The highest BCUT2D eigenvalue weighted by Gasteiger charge is 2.27. The third kappa shape index (κ3) is 3.35. The van der Waals surface area contributed by atoms with Crippen LogP contribution in [0.4, 0.5) is 0 Å². The summed E-state index contributed by atoms with van der Waals surface area (Å²) >= 11 is 3.36. The predicted octanol–water partition coefficient (Wildman–Crippen LogP) is 3.37. The van der Waals surface area contributed by atoms with Gasteiger partial charge in [-0.05, 0) is 41.5 Å². The zero-order chi connectivity index (χ0) is 17.2. The molecule has 0 bridgehead atoms. The molecule has 1 aliphatic rings. The van der Waals surface area contributed by atoms with Gasteiger partial charge in [-0.1, -0.05) is 18.2 Å². The molecule has 4 rings (SSSR count). The van der Waals surface area contributed by atoms with Crippen LogP contribution < -0.4 is 10.6 Å². The van der Waals surface area contributed by atoms with E-state index in [0.717, 1.165) is 17.1 Å². The number of hydrogen-bond donors (Lipinski definition) is 2. The predicted molar refractivity (Wildman–Crippen MR) is 102 cm³/mol. The van der Waals surface area contributed by atoms with Crippen LogP contribution in [-0.2, 0) is 6.54 Å². The number of carbonyl (C=O) groups is 1. The quantitative estimate of drug-likeness (QED) is 0.676. The Bertz CT molecular complexity index is 871. The summed E-state index contributed by atoms with van der Waals surface area (Å²) in [6.07, 6.45) is 2.02. The molecule has 0 aliphatic carbocycles. The van der Waals surface area contributed by atoms with Crippen molar-refractivity contribution >= 4 is 29.0 Å². The molecular formula is C18H18N4OS2. The van der Waals surface area contributed by atoms with Gasteiger partial charge >= 0.3 is 0 Å². The highest BCUT2D eigenvalue weighted by Crippen LogP contribution is 2.26. The Morgan fingerprint density at radius 1 is 1.36 bits per heavy atom. The molecular weight excluding hydrogens is 352 g/mol. The second-order valence-electron chi connectivity index (χ2n) is 5.79. The Kier molecular flexibility index (Phi) is 4.61. The largest absolute Gasteiger partial charge is 0.347 e. The summed E-state index contributed by atoms with van der Waals surface area (Å²) in [6, 6.07) is 14.4. The van der Waals surface area contributed by atoms with Crippen molar-refractivity contribution < 1.29 is 4.79 Å². The molecule has 7 heteroatoms. The Hall–Kier alpha value is -2.09. The molecule has 0 radical (unpaired) electrons. The smallest absolute Gasteiger partial charge is 0.269 e. The average molecular weight is 371 g/mol. The first-order chi connectivity index (χ1) is 12.2. The average Bonchev–Trinajstić information content (AvgIpc) is 3.31. The minimum Gasteiger partial charge on any atom is -0.347 e. The maximum Gasteiger partial charge on any atom is 0.269 e. The van der Waals surface area contributed by atoms with Crippen molar-refractivity contribution in [2.24, 2.45) is 0 Å². The summed E-state index contributed by atoms with van der Waals surface area (Å²) in [5.74, 6) is -0.0716. The third-order valence-electron chi connectivity index (χ3n) is 4.19. The number of hydrogen-bond acceptors (Lipinski definition) is 5. The third-order valence-corrected chi connectivity index (χ3v) is 5.83. The van der Waals surface area contributed by atoms with E-state index < -0.39 is 0 Å². The first-order valence-corrected chi connectivity index (χ1v) is 10.1. The van der Waals surface area contributed by atoms with E-state index in [9.17, 15) is 4.79 Å². The van der Waals surface area contributed by atoms with Crippen molar-refractivity contribution in [3.05, 3.63) is 59.1 Å². The molecule has 3 heterocycles. The molecule has 0 spiro atoms. The van der Waals surface area contributed by atoms with Gasteiger partial charge in [-0.15, -0.1) is 23.1 Å². The lowest BCUT2D eigenvalue weighted by Crippen LogP contribution is -2.45. The van der Waals surface area contributed by atoms with Crippen LogP contribution in [-0.4, -0.2) is 28.5 Å². The molecule has 3 aromatic rings. The van der Waals surface area contributed by atoms with Crippen LogP contribution >= 0.6 is 23.1 Å². The number of nitrogens with zero attached hydrogens (tertiary/aromatic N) is 2. The zero-order valence-electron chi connectivity index (χ0n) is 13.7. The van der Waals surface area contributed by atoms with Gasteiger partial charge < -0.3 is 5.32 Å². The number of carbonyl (C=O) groups excluding carboxylic acids is 1. The van der Waals surface area contributed by atoms with E-state index in [4.69, 9.17) is 0 Å². The molecule has 2 aromatic heterocycles. The second-order valence-corrected chi connectivity index (χ2v) is 7.62. The van der Waals surface area contributed by atoms with Crippen LogP contribution in [0.3, 0.4) is 0 Å². The van der Waals surface area contributed by atoms with Crippen molar-refractivity contribution in [1.29, 1.82) is 0 Å². The van der Waals surface area contributed by atoms with Gasteiger partial charge in [0.1, 0.15) is 17.6 Å². The number of nitrogens with one attached hydrogen (secondary N) is 2. The number of benzene rings is 1. The van der Waals surface area contributed by atoms with E-state index in [1.165, 1.54) is 10.5 Å². The van der Waals surface area contributed by atoms with Gasteiger partial charge in [0.15, 0.2) is 0 Å². The van der Waals surface area contributed by atoms with Gasteiger partial charge in [0.05, 0.1) is 11.4 Å². The van der Waals surface area contributed by atoms with Gasteiger partial charge in [0.2, 0.25) is 0 Å². The van der Waals surface area contributed by atoms with Crippen molar-refractivity contribution in [3.63, 3.8) is 0 Å². The fraction of sp³-hybridized carbons (Fsp3) is 0.222. The summed E-state index contributed by atoms with van der Waals surface area (Å²) in [5.41, 5.74) is 2.66. The van der Waals surface area contributed by atoms with Crippen LogP contribution in [0.2, 0.25) is 0 Å². The SMILES string of the molecule is CSc1ccc(CNC2CNC(=O)c3cc(-c4cccs4)nn32)cc1. The Morgan fingerprint density at radius 2 is 2.20 bits per heavy atom. The minimum absolute atomic E-state index is 0.0540. The second kappa shape index (κ2) is 7.03. The fourth-order valence-electron chi connectivity index (χ4n) is 2.85. The lowest BCUT2D eigenvalue weighted by molar-refractivity contribution is 0.0900. The van der Waals surface area contributed by atoms with Gasteiger partial charge in [0, 0.05) is 11.4 Å². The number of amides is 1. The van der Waals surface area contributed by atoms with E-state index >= 15 is 0 Å². The normalized spacial score (nSPS) is 16.5. The molecule has 0 saturated carbocycles. The number of thiophene rings is 1. The topological polar surface area (TPSA) is 58.9 Å². The van der Waals surface area contributed by atoms with Gasteiger partial charge in [-0.2, -0.15) is 5.10 Å². The summed E-state index contributed by atoms with van der Waals surface area (Å²) in [4.78, 5) is 14.5. The molecule has 0 fully saturated rings. The maximum atomic E-state index is 12.2. The van der Waals surface area contributed by atoms with Crippen molar-refractivity contribution in [2.45, 2.75) is 17.6 Å². The standard InChI is InChI=1S/C18H18N4OS2/c1-24-13-6-4-12(5-7-13)10-19-17-11-20-18(23)15-9-14(21-22(15)17)16-3-2-8-25-16/h2-9,17,19H,10-11H2,1H3,(H,20,23). The maximum absolute atomic E-state index is 12.2. The van der Waals surface area contributed by atoms with Crippen LogP contribution in [0.1, 0.15) is 22.2 Å². The Balaban J connectivity index is 1.53. The van der Waals surface area contributed by atoms with Crippen LogP contribution in [0, 0.1) is 0 Å². The first-order valence-electron chi connectivity index (χ1n) is 8.02. The number of thioether (sulfide) groups is 1. The molecule has 1 amide bonds. The molecule has 128 valence electrons. The number of rotatable bonds is 5. The number of fused-ring (bicyclic) bond motifs is 1. The molecule has 25 heavy (non-hydrogen) atoms. The summed E-state index contributed by atoms with van der Waals surface area (Å²) < 4.78 is 1.81. The van der Waals surface area contributed by atoms with Crippen LogP contribution in [0.15, 0.2) is 52.7 Å². The van der Waals surface area contributed by atoms with Gasteiger partial charge in [-0.25, -0.2) is 4.68 Å². The lowest BCUT2D eigenvalue weighted by Gasteiger charge is -2.25. The molecule has 1 unspecified atom stereocenters.